The molecule has 10 heavy (non-hydrogen) atoms. The van der Waals surface area contributed by atoms with E-state index in [2.05, 4.69) is 25.1 Å². The predicted octanol–water partition coefficient (Wildman–Crippen LogP) is -0.185. The lowest BCUT2D eigenvalue weighted by molar-refractivity contribution is 0.996. The number of nitrogens with zero attached hydrogens (tertiary/aromatic N) is 5. The monoisotopic (exact) mass is 133 g/mol. The molecule has 0 aromatic carbocycles. The summed E-state index contributed by atoms with van der Waals surface area (Å²) in [4.78, 5) is 11.5. The van der Waals surface area contributed by atoms with Gasteiger partial charge in [-0.05, 0) is 0 Å². The third-order valence-electron chi connectivity index (χ3n) is 1.07. The number of hydrogen-bond donors (Lipinski definition) is 0. The third kappa shape index (κ3) is 0.680. The first-order valence-corrected chi connectivity index (χ1v) is 2.70. The first-order valence-electron chi connectivity index (χ1n) is 2.70. The topological polar surface area (TPSA) is 64.5 Å². The first-order chi connectivity index (χ1) is 4.97. The summed E-state index contributed by atoms with van der Waals surface area (Å²) < 4.78 is 0. The van der Waals surface area contributed by atoms with Gasteiger partial charge >= 0.3 is 0 Å². The van der Waals surface area contributed by atoms with Gasteiger partial charge in [-0.1, -0.05) is 0 Å². The molecule has 2 heterocycles. The Morgan fingerprint density at radius 3 is 2.90 bits per heavy atom. The smallest absolute Gasteiger partial charge is 0.184 e. The molecule has 0 atom stereocenters. The number of hydrogen-bond acceptors (Lipinski definition) is 5. The van der Waals surface area contributed by atoms with Gasteiger partial charge in [0.15, 0.2) is 5.65 Å². The van der Waals surface area contributed by atoms with Gasteiger partial charge in [0.1, 0.15) is 18.2 Å². The Morgan fingerprint density at radius 1 is 1.10 bits per heavy atom. The highest BCUT2D eigenvalue weighted by atomic mass is 15.1. The zero-order valence-electron chi connectivity index (χ0n) is 4.97. The number of rotatable bonds is 0. The fourth-order valence-corrected chi connectivity index (χ4v) is 0.654. The van der Waals surface area contributed by atoms with Gasteiger partial charge in [0.25, 0.3) is 0 Å². The van der Waals surface area contributed by atoms with Crippen molar-refractivity contribution >= 4 is 11.2 Å². The summed E-state index contributed by atoms with van der Waals surface area (Å²) in [6.45, 7) is 0. The minimum Gasteiger partial charge on any atom is -0.242 e. The van der Waals surface area contributed by atoms with Crippen LogP contribution in [-0.4, -0.2) is 25.1 Å². The third-order valence-corrected chi connectivity index (χ3v) is 1.07. The Labute approximate surface area is 56.2 Å². The van der Waals surface area contributed by atoms with Crippen LogP contribution in [0.15, 0.2) is 18.9 Å². The van der Waals surface area contributed by atoms with Crippen molar-refractivity contribution < 1.29 is 0 Å². The normalized spacial score (nSPS) is 10.0. The van der Waals surface area contributed by atoms with Gasteiger partial charge in [-0.15, -0.1) is 10.2 Å². The second-order valence-corrected chi connectivity index (χ2v) is 1.69. The standard InChI is InChI=1S/C5H3N5/c1-4-5(7-2-6-1)8-3-9-10-4/h1-3H. The van der Waals surface area contributed by atoms with Crippen LogP contribution < -0.4 is 0 Å². The van der Waals surface area contributed by atoms with E-state index in [1.807, 2.05) is 0 Å². The molecule has 2 rings (SSSR count). The number of aromatic nitrogens is 5. The lowest BCUT2D eigenvalue weighted by atomic mass is 10.6. The van der Waals surface area contributed by atoms with Gasteiger partial charge in [-0.2, -0.15) is 0 Å². The summed E-state index contributed by atoms with van der Waals surface area (Å²) >= 11 is 0. The maximum Gasteiger partial charge on any atom is 0.184 e. The van der Waals surface area contributed by atoms with Crippen LogP contribution in [0.1, 0.15) is 0 Å². The van der Waals surface area contributed by atoms with Crippen LogP contribution in [0.5, 0.6) is 0 Å². The van der Waals surface area contributed by atoms with Crippen molar-refractivity contribution in [2.75, 3.05) is 0 Å². The molecule has 0 amide bonds. The van der Waals surface area contributed by atoms with Gasteiger partial charge in [0.05, 0.1) is 6.20 Å². The van der Waals surface area contributed by atoms with Crippen LogP contribution in [0.3, 0.4) is 0 Å². The molecule has 48 valence electrons. The molecule has 0 aliphatic heterocycles. The van der Waals surface area contributed by atoms with Crippen molar-refractivity contribution in [2.24, 2.45) is 0 Å². The summed E-state index contributed by atoms with van der Waals surface area (Å²) in [5.41, 5.74) is 1.19. The van der Waals surface area contributed by atoms with E-state index in [9.17, 15) is 0 Å². The largest absolute Gasteiger partial charge is 0.242 e. The van der Waals surface area contributed by atoms with Crippen LogP contribution >= 0.6 is 0 Å². The van der Waals surface area contributed by atoms with E-state index in [0.717, 1.165) is 0 Å². The van der Waals surface area contributed by atoms with Crippen molar-refractivity contribution in [1.82, 2.24) is 25.1 Å². The molecular weight excluding hydrogens is 130 g/mol. The Balaban J connectivity index is 2.89. The SMILES string of the molecule is c1ncc2nncnc2n1. The Bertz CT molecular complexity index is 281. The molecule has 0 bridgehead atoms. The molecule has 2 aromatic rings. The fourth-order valence-electron chi connectivity index (χ4n) is 0.654. The van der Waals surface area contributed by atoms with E-state index in [1.165, 1.54) is 12.7 Å². The Morgan fingerprint density at radius 2 is 2.00 bits per heavy atom. The first kappa shape index (κ1) is 5.16. The van der Waals surface area contributed by atoms with Crippen molar-refractivity contribution in [3.05, 3.63) is 18.9 Å². The summed E-state index contributed by atoms with van der Waals surface area (Å²) in [6, 6.07) is 0. The molecule has 0 fully saturated rings. The minimum absolute atomic E-state index is 0.574. The highest BCUT2D eigenvalue weighted by Crippen LogP contribution is 1.96. The zero-order valence-corrected chi connectivity index (χ0v) is 4.97. The van der Waals surface area contributed by atoms with E-state index >= 15 is 0 Å². The van der Waals surface area contributed by atoms with Gasteiger partial charge < -0.3 is 0 Å². The molecule has 0 saturated carbocycles. The summed E-state index contributed by atoms with van der Waals surface area (Å²) in [5, 5.41) is 7.32. The van der Waals surface area contributed by atoms with Crippen molar-refractivity contribution in [2.45, 2.75) is 0 Å². The molecule has 5 heteroatoms. The fraction of sp³-hybridized carbons (Fsp3) is 0. The highest BCUT2D eigenvalue weighted by molar-refractivity contribution is 5.65. The summed E-state index contributed by atoms with van der Waals surface area (Å²) in [7, 11) is 0. The molecule has 0 spiro atoms. The molecule has 0 saturated heterocycles. The van der Waals surface area contributed by atoms with E-state index in [1.54, 1.807) is 6.20 Å². The van der Waals surface area contributed by atoms with Gasteiger partial charge in [0, 0.05) is 0 Å². The molecule has 0 radical (unpaired) electrons. The summed E-state index contributed by atoms with van der Waals surface area (Å²) in [5.74, 6) is 0. The average molecular weight is 133 g/mol. The van der Waals surface area contributed by atoms with Crippen LogP contribution in [-0.2, 0) is 0 Å². The lowest BCUT2D eigenvalue weighted by Crippen LogP contribution is -1.89. The van der Waals surface area contributed by atoms with E-state index in [-0.39, 0.29) is 0 Å². The van der Waals surface area contributed by atoms with Crippen molar-refractivity contribution in [3.8, 4) is 0 Å². The molecule has 2 aromatic heterocycles. The van der Waals surface area contributed by atoms with Crippen LogP contribution in [0.2, 0.25) is 0 Å². The lowest BCUT2D eigenvalue weighted by Gasteiger charge is -1.87. The summed E-state index contributed by atoms with van der Waals surface area (Å²) in [6.07, 6.45) is 4.36. The van der Waals surface area contributed by atoms with Gasteiger partial charge in [0.2, 0.25) is 0 Å². The molecule has 5 nitrogen and oxygen atoms in total. The maximum atomic E-state index is 3.86. The molecule has 0 unspecified atom stereocenters. The number of fused-ring (bicyclic) bond motifs is 1. The Hall–Kier alpha value is -1.65. The second-order valence-electron chi connectivity index (χ2n) is 1.69. The minimum atomic E-state index is 0.574. The van der Waals surface area contributed by atoms with E-state index in [0.29, 0.717) is 11.2 Å². The van der Waals surface area contributed by atoms with Crippen molar-refractivity contribution in [1.29, 1.82) is 0 Å². The van der Waals surface area contributed by atoms with E-state index < -0.39 is 0 Å². The zero-order chi connectivity index (χ0) is 6.81. The maximum absolute atomic E-state index is 3.86. The van der Waals surface area contributed by atoms with Crippen molar-refractivity contribution in [3.63, 3.8) is 0 Å². The van der Waals surface area contributed by atoms with Gasteiger partial charge in [-0.3, -0.25) is 0 Å². The second kappa shape index (κ2) is 1.94. The predicted molar refractivity (Wildman–Crippen MR) is 32.9 cm³/mol. The molecule has 0 N–H and O–H groups in total. The van der Waals surface area contributed by atoms with Crippen LogP contribution in [0.4, 0.5) is 0 Å². The van der Waals surface area contributed by atoms with Crippen LogP contribution in [0.25, 0.3) is 11.2 Å². The Kier molecular flexibility index (Phi) is 1.00. The van der Waals surface area contributed by atoms with E-state index in [4.69, 9.17) is 0 Å². The average Bonchev–Trinajstić information content (AvgIpc) is 2.05. The molecule has 0 aliphatic carbocycles. The van der Waals surface area contributed by atoms with Gasteiger partial charge in [-0.25, -0.2) is 15.0 Å². The quantitative estimate of drug-likeness (QED) is 0.498. The molecule has 0 aliphatic rings. The highest BCUT2D eigenvalue weighted by Gasteiger charge is 1.92. The molecular formula is C5H3N5. The van der Waals surface area contributed by atoms with Crippen LogP contribution in [0, 0.1) is 0 Å².